The van der Waals surface area contributed by atoms with Crippen LogP contribution in [0, 0.1) is 6.92 Å². The lowest BCUT2D eigenvalue weighted by Crippen LogP contribution is -2.53. The molecule has 1 aromatic carbocycles. The van der Waals surface area contributed by atoms with Gasteiger partial charge in [-0.2, -0.15) is 0 Å². The van der Waals surface area contributed by atoms with E-state index in [1.165, 1.54) is 4.88 Å². The molecule has 1 aliphatic rings. The lowest BCUT2D eigenvalue weighted by molar-refractivity contribution is 0.168. The SMILES string of the molecule is Cc1cccc(-c2[nH]cnc2-c2ccc3ncc(-c4ncc(CN5C[C@@H](C)N[C@@H](C)C5)s4)cc3c2)n1. The summed E-state index contributed by atoms with van der Waals surface area (Å²) in [5.41, 5.74) is 6.69. The molecule has 1 fully saturated rings. The fourth-order valence-corrected chi connectivity index (χ4v) is 6.03. The first-order valence-electron chi connectivity index (χ1n) is 12.3. The standard InChI is InChI=1S/C28H29N7S/c1-17-5-4-6-25(34-17)27-26(31-16-32-27)20-7-8-24-21(9-20)10-22(11-29-24)28-30-12-23(36-28)15-35-13-18(2)33-19(3)14-35/h4-12,16,18-19,33H,13-15H2,1-3H3,(H,31,32)/t18-,19+. The van der Waals surface area contributed by atoms with Gasteiger partial charge in [0.05, 0.1) is 28.9 Å². The van der Waals surface area contributed by atoms with Gasteiger partial charge in [0.15, 0.2) is 0 Å². The molecule has 1 saturated heterocycles. The summed E-state index contributed by atoms with van der Waals surface area (Å²) in [4.78, 5) is 25.8. The smallest absolute Gasteiger partial charge is 0.125 e. The molecule has 0 saturated carbocycles. The zero-order chi connectivity index (χ0) is 24.6. The Balaban J connectivity index is 1.28. The number of hydrogen-bond donors (Lipinski definition) is 2. The second-order valence-electron chi connectivity index (χ2n) is 9.72. The zero-order valence-electron chi connectivity index (χ0n) is 20.7. The number of aryl methyl sites for hydroxylation is 1. The third-order valence-electron chi connectivity index (χ3n) is 6.55. The number of imidazole rings is 1. The second kappa shape index (κ2) is 9.54. The minimum absolute atomic E-state index is 0.511. The average Bonchev–Trinajstić information content (AvgIpc) is 3.53. The fraction of sp³-hybridized carbons (Fsp3) is 0.286. The highest BCUT2D eigenvalue weighted by Crippen LogP contribution is 2.32. The topological polar surface area (TPSA) is 82.6 Å². The maximum atomic E-state index is 4.74. The molecule has 8 heteroatoms. The van der Waals surface area contributed by atoms with Crippen molar-refractivity contribution in [1.82, 2.24) is 35.1 Å². The highest BCUT2D eigenvalue weighted by Gasteiger charge is 2.21. The molecule has 0 radical (unpaired) electrons. The lowest BCUT2D eigenvalue weighted by atomic mass is 10.0. The van der Waals surface area contributed by atoms with Crippen LogP contribution in [-0.4, -0.2) is 55.0 Å². The van der Waals surface area contributed by atoms with Crippen molar-refractivity contribution in [3.8, 4) is 33.2 Å². The number of hydrogen-bond acceptors (Lipinski definition) is 7. The first-order chi connectivity index (χ1) is 17.5. The molecular weight excluding hydrogens is 466 g/mol. The van der Waals surface area contributed by atoms with Gasteiger partial charge in [-0.15, -0.1) is 11.3 Å². The largest absolute Gasteiger partial charge is 0.343 e. The summed E-state index contributed by atoms with van der Waals surface area (Å²) in [6, 6.07) is 15.5. The van der Waals surface area contributed by atoms with Crippen molar-refractivity contribution in [2.75, 3.05) is 13.1 Å². The van der Waals surface area contributed by atoms with Crippen LogP contribution in [0.25, 0.3) is 44.1 Å². The van der Waals surface area contributed by atoms with Crippen LogP contribution >= 0.6 is 11.3 Å². The van der Waals surface area contributed by atoms with Gasteiger partial charge in [-0.25, -0.2) is 9.97 Å². The predicted octanol–water partition coefficient (Wildman–Crippen LogP) is 5.30. The Bertz CT molecular complexity index is 1510. The van der Waals surface area contributed by atoms with Crippen LogP contribution in [0.1, 0.15) is 24.4 Å². The van der Waals surface area contributed by atoms with Crippen LogP contribution in [0.3, 0.4) is 0 Å². The van der Waals surface area contributed by atoms with Gasteiger partial charge in [-0.3, -0.25) is 14.9 Å². The molecule has 7 nitrogen and oxygen atoms in total. The second-order valence-corrected chi connectivity index (χ2v) is 10.8. The van der Waals surface area contributed by atoms with Gasteiger partial charge in [0.25, 0.3) is 0 Å². The van der Waals surface area contributed by atoms with E-state index in [0.717, 1.165) is 69.4 Å². The summed E-state index contributed by atoms with van der Waals surface area (Å²) in [6.45, 7) is 9.56. The maximum absolute atomic E-state index is 4.74. The van der Waals surface area contributed by atoms with Gasteiger partial charge in [0.2, 0.25) is 0 Å². The van der Waals surface area contributed by atoms with E-state index in [1.54, 1.807) is 17.7 Å². The van der Waals surface area contributed by atoms with Crippen LogP contribution in [0.2, 0.25) is 0 Å². The molecule has 182 valence electrons. The monoisotopic (exact) mass is 495 g/mol. The highest BCUT2D eigenvalue weighted by atomic mass is 32.1. The molecule has 36 heavy (non-hydrogen) atoms. The van der Waals surface area contributed by atoms with Crippen LogP contribution in [0.4, 0.5) is 0 Å². The van der Waals surface area contributed by atoms with Crippen LogP contribution in [0.5, 0.6) is 0 Å². The van der Waals surface area contributed by atoms with Gasteiger partial charge < -0.3 is 10.3 Å². The number of H-pyrrole nitrogens is 1. The van der Waals surface area contributed by atoms with Crippen molar-refractivity contribution < 1.29 is 0 Å². The number of aromatic nitrogens is 5. The molecular formula is C28H29N7S. The molecule has 0 bridgehead atoms. The molecule has 6 rings (SSSR count). The van der Waals surface area contributed by atoms with Crippen molar-refractivity contribution in [3.63, 3.8) is 0 Å². The van der Waals surface area contributed by atoms with E-state index in [9.17, 15) is 0 Å². The van der Waals surface area contributed by atoms with E-state index >= 15 is 0 Å². The number of thiazole rings is 1. The summed E-state index contributed by atoms with van der Waals surface area (Å²) in [7, 11) is 0. The van der Waals surface area contributed by atoms with Gasteiger partial charge in [-0.05, 0) is 51.1 Å². The van der Waals surface area contributed by atoms with Crippen LogP contribution < -0.4 is 5.32 Å². The molecule has 0 aliphatic carbocycles. The minimum atomic E-state index is 0.511. The number of rotatable bonds is 5. The number of benzene rings is 1. The van der Waals surface area contributed by atoms with E-state index in [2.05, 4.69) is 63.3 Å². The van der Waals surface area contributed by atoms with Crippen LogP contribution in [0.15, 0.2) is 61.2 Å². The van der Waals surface area contributed by atoms with Crippen molar-refractivity contribution in [3.05, 3.63) is 71.8 Å². The molecule has 0 spiro atoms. The fourth-order valence-electron chi connectivity index (χ4n) is 5.09. The van der Waals surface area contributed by atoms with E-state index < -0.39 is 0 Å². The molecule has 1 aliphatic heterocycles. The van der Waals surface area contributed by atoms with Crippen molar-refractivity contribution in [1.29, 1.82) is 0 Å². The normalized spacial score (nSPS) is 18.6. The molecule has 5 aromatic rings. The molecule has 2 N–H and O–H groups in total. The number of nitrogens with zero attached hydrogens (tertiary/aromatic N) is 5. The zero-order valence-corrected chi connectivity index (χ0v) is 21.5. The molecule has 2 atom stereocenters. The Morgan fingerprint density at radius 2 is 1.81 bits per heavy atom. The number of fused-ring (bicyclic) bond motifs is 1. The molecule has 0 amide bonds. The first kappa shape index (κ1) is 23.0. The van der Waals surface area contributed by atoms with Gasteiger partial charge in [0.1, 0.15) is 5.01 Å². The van der Waals surface area contributed by atoms with E-state index in [0.29, 0.717) is 12.1 Å². The van der Waals surface area contributed by atoms with Crippen molar-refractivity contribution in [2.24, 2.45) is 0 Å². The summed E-state index contributed by atoms with van der Waals surface area (Å²) in [5.74, 6) is 0. The summed E-state index contributed by atoms with van der Waals surface area (Å²) in [6.07, 6.45) is 5.67. The number of piperazine rings is 1. The Kier molecular flexibility index (Phi) is 6.08. The number of aromatic amines is 1. The van der Waals surface area contributed by atoms with E-state index in [1.807, 2.05) is 37.5 Å². The lowest BCUT2D eigenvalue weighted by Gasteiger charge is -2.35. The maximum Gasteiger partial charge on any atom is 0.125 e. The first-order valence-corrected chi connectivity index (χ1v) is 13.1. The Morgan fingerprint density at radius 3 is 2.64 bits per heavy atom. The Hall–Kier alpha value is -3.46. The van der Waals surface area contributed by atoms with Crippen LogP contribution in [-0.2, 0) is 6.54 Å². The summed E-state index contributed by atoms with van der Waals surface area (Å²) >= 11 is 1.75. The van der Waals surface area contributed by atoms with E-state index in [4.69, 9.17) is 9.97 Å². The van der Waals surface area contributed by atoms with Gasteiger partial charge in [-0.1, -0.05) is 12.1 Å². The molecule has 4 aromatic heterocycles. The minimum Gasteiger partial charge on any atom is -0.343 e. The van der Waals surface area contributed by atoms with Gasteiger partial charge in [0, 0.05) is 71.2 Å². The predicted molar refractivity (Wildman–Crippen MR) is 146 cm³/mol. The van der Waals surface area contributed by atoms with E-state index in [-0.39, 0.29) is 0 Å². The highest BCUT2D eigenvalue weighted by molar-refractivity contribution is 7.15. The number of nitrogens with one attached hydrogen (secondary N) is 2. The number of pyridine rings is 2. The average molecular weight is 496 g/mol. The molecule has 0 unspecified atom stereocenters. The third kappa shape index (κ3) is 4.67. The quantitative estimate of drug-likeness (QED) is 0.344. The molecule has 5 heterocycles. The Labute approximate surface area is 214 Å². The van der Waals surface area contributed by atoms with Crippen molar-refractivity contribution in [2.45, 2.75) is 39.4 Å². The van der Waals surface area contributed by atoms with Gasteiger partial charge >= 0.3 is 0 Å². The summed E-state index contributed by atoms with van der Waals surface area (Å²) < 4.78 is 0. The third-order valence-corrected chi connectivity index (χ3v) is 7.58. The Morgan fingerprint density at radius 1 is 0.972 bits per heavy atom. The van der Waals surface area contributed by atoms with Crippen molar-refractivity contribution >= 4 is 22.2 Å². The summed E-state index contributed by atoms with van der Waals surface area (Å²) in [5, 5.41) is 5.67.